The molecule has 7 heteroatoms. The van der Waals surface area contributed by atoms with Crippen molar-refractivity contribution in [2.75, 3.05) is 11.9 Å². The van der Waals surface area contributed by atoms with Crippen LogP contribution in [0.2, 0.25) is 0 Å². The van der Waals surface area contributed by atoms with E-state index in [0.717, 1.165) is 22.0 Å². The number of hydrogen-bond acceptors (Lipinski definition) is 5. The highest BCUT2D eigenvalue weighted by molar-refractivity contribution is 7.15. The van der Waals surface area contributed by atoms with Crippen molar-refractivity contribution in [2.45, 2.75) is 40.0 Å². The van der Waals surface area contributed by atoms with E-state index in [2.05, 4.69) is 42.2 Å². The summed E-state index contributed by atoms with van der Waals surface area (Å²) in [6.07, 6.45) is 0. The molecule has 3 rings (SSSR count). The number of carbonyl (C=O) groups is 1. The Balaban J connectivity index is 1.68. The molecule has 25 heavy (non-hydrogen) atoms. The Morgan fingerprint density at radius 3 is 2.76 bits per heavy atom. The molecule has 132 valence electrons. The number of anilines is 1. The molecule has 2 aromatic heterocycles. The van der Waals surface area contributed by atoms with Crippen molar-refractivity contribution in [1.82, 2.24) is 14.6 Å². The second kappa shape index (κ2) is 6.48. The molecule has 0 atom stereocenters. The molecule has 0 saturated carbocycles. The molecule has 2 heterocycles. The summed E-state index contributed by atoms with van der Waals surface area (Å²) in [5.41, 5.74) is 3.17. The van der Waals surface area contributed by atoms with Crippen LogP contribution in [0.5, 0.6) is 5.75 Å². The predicted molar refractivity (Wildman–Crippen MR) is 99.6 cm³/mol. The number of aromatic nitrogens is 3. The maximum Gasteiger partial charge on any atom is 0.264 e. The van der Waals surface area contributed by atoms with E-state index < -0.39 is 0 Å². The van der Waals surface area contributed by atoms with Gasteiger partial charge in [-0.2, -0.15) is 4.98 Å². The van der Waals surface area contributed by atoms with Gasteiger partial charge in [0.05, 0.1) is 5.69 Å². The van der Waals surface area contributed by atoms with Gasteiger partial charge in [-0.3, -0.25) is 10.1 Å². The molecule has 1 aromatic carbocycles. The molecule has 0 spiro atoms. The lowest BCUT2D eigenvalue weighted by Crippen LogP contribution is -2.22. The topological polar surface area (TPSA) is 68.5 Å². The Hall–Kier alpha value is -2.41. The minimum Gasteiger partial charge on any atom is -0.483 e. The van der Waals surface area contributed by atoms with E-state index in [1.807, 2.05) is 31.4 Å². The Labute approximate surface area is 150 Å². The zero-order chi connectivity index (χ0) is 18.2. The lowest BCUT2D eigenvalue weighted by atomic mass is 9.85. The van der Waals surface area contributed by atoms with E-state index in [1.54, 1.807) is 4.52 Å². The molecule has 0 aliphatic rings. The van der Waals surface area contributed by atoms with Crippen LogP contribution in [0, 0.1) is 13.8 Å². The van der Waals surface area contributed by atoms with Gasteiger partial charge >= 0.3 is 0 Å². The number of benzene rings is 1. The fourth-order valence-electron chi connectivity index (χ4n) is 2.50. The van der Waals surface area contributed by atoms with Gasteiger partial charge < -0.3 is 4.74 Å². The second-order valence-electron chi connectivity index (χ2n) is 7.09. The van der Waals surface area contributed by atoms with Gasteiger partial charge in [0.25, 0.3) is 11.9 Å². The summed E-state index contributed by atoms with van der Waals surface area (Å²) in [4.78, 5) is 17.2. The van der Waals surface area contributed by atoms with Crippen molar-refractivity contribution in [3.8, 4) is 5.75 Å². The molecule has 1 N–H and O–H groups in total. The van der Waals surface area contributed by atoms with Crippen LogP contribution in [0.4, 0.5) is 5.95 Å². The van der Waals surface area contributed by atoms with Gasteiger partial charge in [0, 0.05) is 5.38 Å². The first kappa shape index (κ1) is 17.4. The molecule has 0 aliphatic carbocycles. The third-order valence-electron chi connectivity index (χ3n) is 3.80. The molecule has 3 aromatic rings. The minimum atomic E-state index is -0.281. The summed E-state index contributed by atoms with van der Waals surface area (Å²) in [5, 5.41) is 8.92. The third-order valence-corrected chi connectivity index (χ3v) is 4.73. The number of fused-ring (bicyclic) bond motifs is 1. The molecule has 0 unspecified atom stereocenters. The first-order chi connectivity index (χ1) is 11.7. The number of nitrogens with zero attached hydrogens (tertiary/aromatic N) is 3. The number of amides is 1. The standard InChI is InChI=1S/C18H22N4O2S/c1-11-6-7-14(13(8-11)18(3,4)5)24-9-15(23)19-16-20-17-22(21-16)12(2)10-25-17/h6-8,10H,9H2,1-5H3,(H,19,21,23). The lowest BCUT2D eigenvalue weighted by Gasteiger charge is -2.23. The van der Waals surface area contributed by atoms with E-state index in [0.29, 0.717) is 5.95 Å². The van der Waals surface area contributed by atoms with E-state index in [4.69, 9.17) is 4.74 Å². The summed E-state index contributed by atoms with van der Waals surface area (Å²) in [7, 11) is 0. The van der Waals surface area contributed by atoms with Crippen molar-refractivity contribution in [3.05, 3.63) is 40.4 Å². The van der Waals surface area contributed by atoms with E-state index in [9.17, 15) is 4.79 Å². The van der Waals surface area contributed by atoms with Gasteiger partial charge in [0.2, 0.25) is 4.96 Å². The average Bonchev–Trinajstić information content (AvgIpc) is 3.07. The highest BCUT2D eigenvalue weighted by Crippen LogP contribution is 2.32. The smallest absolute Gasteiger partial charge is 0.264 e. The van der Waals surface area contributed by atoms with Crippen LogP contribution in [0.3, 0.4) is 0 Å². The first-order valence-corrected chi connectivity index (χ1v) is 8.96. The SMILES string of the molecule is Cc1ccc(OCC(=O)Nc2nc3scc(C)n3n2)c(C(C)(C)C)c1. The van der Waals surface area contributed by atoms with Crippen molar-refractivity contribution < 1.29 is 9.53 Å². The minimum absolute atomic E-state index is 0.0643. The molecule has 0 aliphatic heterocycles. The number of hydrogen-bond donors (Lipinski definition) is 1. The maximum absolute atomic E-state index is 12.2. The van der Waals surface area contributed by atoms with E-state index in [1.165, 1.54) is 16.9 Å². The number of carbonyl (C=O) groups excluding carboxylic acids is 1. The number of thiazole rings is 1. The normalized spacial score (nSPS) is 11.7. The molecule has 0 bridgehead atoms. The highest BCUT2D eigenvalue weighted by Gasteiger charge is 2.20. The Morgan fingerprint density at radius 2 is 2.08 bits per heavy atom. The molecule has 0 radical (unpaired) electrons. The van der Waals surface area contributed by atoms with Crippen LogP contribution in [0.15, 0.2) is 23.6 Å². The summed E-state index contributed by atoms with van der Waals surface area (Å²) in [6, 6.07) is 5.99. The molecular weight excluding hydrogens is 336 g/mol. The van der Waals surface area contributed by atoms with E-state index in [-0.39, 0.29) is 17.9 Å². The van der Waals surface area contributed by atoms with Gasteiger partial charge in [-0.1, -0.05) is 38.5 Å². The summed E-state index contributed by atoms with van der Waals surface area (Å²) < 4.78 is 7.47. The third kappa shape index (κ3) is 3.82. The maximum atomic E-state index is 12.2. The van der Waals surface area contributed by atoms with Gasteiger partial charge in [-0.15, -0.1) is 16.4 Å². The van der Waals surface area contributed by atoms with Crippen molar-refractivity contribution in [2.24, 2.45) is 0 Å². The number of aryl methyl sites for hydroxylation is 2. The quantitative estimate of drug-likeness (QED) is 0.772. The van der Waals surface area contributed by atoms with Crippen LogP contribution in [-0.2, 0) is 10.2 Å². The Kier molecular flexibility index (Phi) is 4.51. The van der Waals surface area contributed by atoms with Gasteiger partial charge in [-0.05, 0) is 30.9 Å². The van der Waals surface area contributed by atoms with Crippen molar-refractivity contribution >= 4 is 28.2 Å². The van der Waals surface area contributed by atoms with Crippen LogP contribution in [0.1, 0.15) is 37.6 Å². The summed E-state index contributed by atoms with van der Waals surface area (Å²) >= 11 is 1.48. The van der Waals surface area contributed by atoms with E-state index >= 15 is 0 Å². The molecule has 6 nitrogen and oxygen atoms in total. The Bertz CT molecular complexity index is 921. The molecule has 1 amide bonds. The predicted octanol–water partition coefficient (Wildman–Crippen LogP) is 3.72. The Morgan fingerprint density at radius 1 is 1.32 bits per heavy atom. The number of nitrogens with one attached hydrogen (secondary N) is 1. The van der Waals surface area contributed by atoms with Crippen molar-refractivity contribution in [1.29, 1.82) is 0 Å². The average molecular weight is 358 g/mol. The van der Waals surface area contributed by atoms with Gasteiger partial charge in [0.15, 0.2) is 6.61 Å². The zero-order valence-electron chi connectivity index (χ0n) is 15.1. The van der Waals surface area contributed by atoms with Crippen LogP contribution >= 0.6 is 11.3 Å². The molecular formula is C18H22N4O2S. The van der Waals surface area contributed by atoms with Gasteiger partial charge in [0.1, 0.15) is 5.75 Å². The molecule has 0 fully saturated rings. The second-order valence-corrected chi connectivity index (χ2v) is 7.93. The van der Waals surface area contributed by atoms with Gasteiger partial charge in [-0.25, -0.2) is 4.52 Å². The lowest BCUT2D eigenvalue weighted by molar-refractivity contribution is -0.118. The van der Waals surface area contributed by atoms with Crippen LogP contribution in [0.25, 0.3) is 4.96 Å². The number of rotatable bonds is 4. The highest BCUT2D eigenvalue weighted by atomic mass is 32.1. The largest absolute Gasteiger partial charge is 0.483 e. The number of ether oxygens (including phenoxy) is 1. The molecule has 0 saturated heterocycles. The first-order valence-electron chi connectivity index (χ1n) is 8.09. The van der Waals surface area contributed by atoms with Crippen molar-refractivity contribution in [3.63, 3.8) is 0 Å². The monoisotopic (exact) mass is 358 g/mol. The fourth-order valence-corrected chi connectivity index (χ4v) is 3.30. The van der Waals surface area contributed by atoms with Crippen LogP contribution < -0.4 is 10.1 Å². The van der Waals surface area contributed by atoms with Crippen LogP contribution in [-0.4, -0.2) is 27.1 Å². The summed E-state index contributed by atoms with van der Waals surface area (Å²) in [6.45, 7) is 10.3. The summed E-state index contributed by atoms with van der Waals surface area (Å²) in [5.74, 6) is 0.739. The zero-order valence-corrected chi connectivity index (χ0v) is 15.9. The fraction of sp³-hybridized carbons (Fsp3) is 0.389.